The van der Waals surface area contributed by atoms with Crippen LogP contribution in [0, 0.1) is 0 Å². The smallest absolute Gasteiger partial charge is 0.231 e. The highest BCUT2D eigenvalue weighted by Crippen LogP contribution is 2.16. The van der Waals surface area contributed by atoms with Gasteiger partial charge in [-0.25, -0.2) is 0 Å². The van der Waals surface area contributed by atoms with Crippen LogP contribution >= 0.6 is 0 Å². The molecule has 0 bridgehead atoms. The number of anilines is 1. The molecule has 1 amide bonds. The Morgan fingerprint density at radius 3 is 2.41 bits per heavy atom. The number of aliphatic hydroxyl groups is 1. The van der Waals surface area contributed by atoms with Crippen molar-refractivity contribution in [3.63, 3.8) is 0 Å². The Bertz CT molecular complexity index is 397. The summed E-state index contributed by atoms with van der Waals surface area (Å²) >= 11 is 0. The lowest BCUT2D eigenvalue weighted by Crippen LogP contribution is -2.14. The summed E-state index contributed by atoms with van der Waals surface area (Å²) in [5.41, 5.74) is 0.578. The Morgan fingerprint density at radius 2 is 1.94 bits per heavy atom. The number of carbonyl (C=O) groups excluding carboxylic acids is 2. The van der Waals surface area contributed by atoms with E-state index in [1.165, 1.54) is 13.8 Å². The van der Waals surface area contributed by atoms with Gasteiger partial charge in [-0.15, -0.1) is 0 Å². The maximum absolute atomic E-state index is 11.3. The second kappa shape index (κ2) is 6.00. The van der Waals surface area contributed by atoms with Crippen molar-refractivity contribution in [1.29, 1.82) is 0 Å². The Hall–Kier alpha value is -1.88. The van der Waals surface area contributed by atoms with Crippen molar-refractivity contribution in [3.8, 4) is 5.75 Å². The van der Waals surface area contributed by atoms with Crippen molar-refractivity contribution in [1.82, 2.24) is 0 Å². The van der Waals surface area contributed by atoms with E-state index in [9.17, 15) is 9.59 Å². The van der Waals surface area contributed by atoms with Gasteiger partial charge in [0.05, 0.1) is 6.42 Å². The number of carbonyl (C=O) groups is 2. The quantitative estimate of drug-likeness (QED) is 0.598. The summed E-state index contributed by atoms with van der Waals surface area (Å²) in [5.74, 6) is -0.0252. The third-order valence-electron chi connectivity index (χ3n) is 1.85. The third kappa shape index (κ3) is 5.12. The highest BCUT2D eigenvalue weighted by molar-refractivity contribution is 6.03. The SMILES string of the molecule is CC(=O)CC(=O)Nc1ccc(OC(C)O)cc1. The molecule has 0 saturated heterocycles. The number of Topliss-reactive ketones (excluding diaryl/α,β-unsaturated/α-hetero) is 1. The Balaban J connectivity index is 2.56. The number of hydrogen-bond donors (Lipinski definition) is 2. The van der Waals surface area contributed by atoms with E-state index in [0.29, 0.717) is 11.4 Å². The summed E-state index contributed by atoms with van der Waals surface area (Å²) in [4.78, 5) is 22.0. The van der Waals surface area contributed by atoms with Crippen LogP contribution in [-0.2, 0) is 9.59 Å². The van der Waals surface area contributed by atoms with E-state index in [1.807, 2.05) is 0 Å². The molecule has 0 saturated carbocycles. The monoisotopic (exact) mass is 237 g/mol. The molecule has 1 unspecified atom stereocenters. The van der Waals surface area contributed by atoms with Crippen LogP contribution in [0.15, 0.2) is 24.3 Å². The van der Waals surface area contributed by atoms with Gasteiger partial charge in [0, 0.05) is 5.69 Å². The topological polar surface area (TPSA) is 75.6 Å². The lowest BCUT2D eigenvalue weighted by atomic mass is 10.2. The lowest BCUT2D eigenvalue weighted by molar-refractivity contribution is -0.124. The largest absolute Gasteiger partial charge is 0.465 e. The second-order valence-electron chi connectivity index (χ2n) is 3.67. The van der Waals surface area contributed by atoms with Gasteiger partial charge in [0.25, 0.3) is 0 Å². The average Bonchev–Trinajstić information content (AvgIpc) is 2.18. The molecular weight excluding hydrogens is 222 g/mol. The molecule has 92 valence electrons. The molecule has 1 rings (SSSR count). The number of amides is 1. The first kappa shape index (κ1) is 13.2. The first-order chi connectivity index (χ1) is 7.97. The summed E-state index contributed by atoms with van der Waals surface area (Å²) in [7, 11) is 0. The Labute approximate surface area is 99.4 Å². The van der Waals surface area contributed by atoms with Gasteiger partial charge in [-0.1, -0.05) is 0 Å². The van der Waals surface area contributed by atoms with Crippen molar-refractivity contribution in [2.75, 3.05) is 5.32 Å². The Kier molecular flexibility index (Phi) is 4.66. The van der Waals surface area contributed by atoms with Crippen molar-refractivity contribution < 1.29 is 19.4 Å². The van der Waals surface area contributed by atoms with Crippen LogP contribution in [0.2, 0.25) is 0 Å². The lowest BCUT2D eigenvalue weighted by Gasteiger charge is -2.09. The van der Waals surface area contributed by atoms with Crippen LogP contribution in [-0.4, -0.2) is 23.1 Å². The molecule has 2 N–H and O–H groups in total. The zero-order valence-electron chi connectivity index (χ0n) is 9.77. The molecule has 0 aliphatic heterocycles. The van der Waals surface area contributed by atoms with Crippen LogP contribution < -0.4 is 10.1 Å². The number of benzene rings is 1. The van der Waals surface area contributed by atoms with Crippen LogP contribution in [0.3, 0.4) is 0 Å². The van der Waals surface area contributed by atoms with Gasteiger partial charge in [0.15, 0.2) is 6.29 Å². The van der Waals surface area contributed by atoms with E-state index in [1.54, 1.807) is 24.3 Å². The molecule has 5 nitrogen and oxygen atoms in total. The van der Waals surface area contributed by atoms with Crippen molar-refractivity contribution >= 4 is 17.4 Å². The highest BCUT2D eigenvalue weighted by Gasteiger charge is 2.05. The van der Waals surface area contributed by atoms with E-state index in [4.69, 9.17) is 9.84 Å². The first-order valence-electron chi connectivity index (χ1n) is 5.21. The number of nitrogens with one attached hydrogen (secondary N) is 1. The molecule has 1 atom stereocenters. The summed E-state index contributed by atoms with van der Waals surface area (Å²) in [6.07, 6.45) is -1.01. The van der Waals surface area contributed by atoms with Gasteiger partial charge in [-0.05, 0) is 38.1 Å². The van der Waals surface area contributed by atoms with Gasteiger partial charge >= 0.3 is 0 Å². The summed E-state index contributed by atoms with van der Waals surface area (Å²) < 4.78 is 5.03. The minimum absolute atomic E-state index is 0.133. The van der Waals surface area contributed by atoms with Crippen LogP contribution in [0.5, 0.6) is 5.75 Å². The zero-order chi connectivity index (χ0) is 12.8. The molecule has 0 radical (unpaired) electrons. The van der Waals surface area contributed by atoms with Crippen LogP contribution in [0.4, 0.5) is 5.69 Å². The minimum atomic E-state index is -0.881. The van der Waals surface area contributed by atoms with Gasteiger partial charge in [0.2, 0.25) is 5.91 Å². The van der Waals surface area contributed by atoms with E-state index >= 15 is 0 Å². The summed E-state index contributed by atoms with van der Waals surface area (Å²) in [6.45, 7) is 2.86. The maximum Gasteiger partial charge on any atom is 0.231 e. The molecule has 17 heavy (non-hydrogen) atoms. The van der Waals surface area contributed by atoms with Crippen molar-refractivity contribution in [2.24, 2.45) is 0 Å². The van der Waals surface area contributed by atoms with Crippen molar-refractivity contribution in [2.45, 2.75) is 26.6 Å². The van der Waals surface area contributed by atoms with Gasteiger partial charge < -0.3 is 15.2 Å². The molecule has 0 heterocycles. The molecule has 1 aromatic carbocycles. The zero-order valence-corrected chi connectivity index (χ0v) is 9.77. The predicted octanol–water partition coefficient (Wildman–Crippen LogP) is 1.32. The van der Waals surface area contributed by atoms with E-state index in [2.05, 4.69) is 5.32 Å². The minimum Gasteiger partial charge on any atom is -0.465 e. The predicted molar refractivity (Wildman–Crippen MR) is 62.7 cm³/mol. The summed E-state index contributed by atoms with van der Waals surface area (Å²) in [5, 5.41) is 11.6. The number of ether oxygens (including phenoxy) is 1. The van der Waals surface area contributed by atoms with Gasteiger partial charge in [-0.3, -0.25) is 9.59 Å². The molecule has 0 spiro atoms. The number of hydrogen-bond acceptors (Lipinski definition) is 4. The number of ketones is 1. The number of rotatable bonds is 5. The van der Waals surface area contributed by atoms with Crippen molar-refractivity contribution in [3.05, 3.63) is 24.3 Å². The standard InChI is InChI=1S/C12H15NO4/c1-8(14)7-12(16)13-10-3-5-11(6-4-10)17-9(2)15/h3-6,9,15H,7H2,1-2H3,(H,13,16). The van der Waals surface area contributed by atoms with Crippen LogP contribution in [0.1, 0.15) is 20.3 Å². The molecule has 0 aromatic heterocycles. The average molecular weight is 237 g/mol. The Morgan fingerprint density at radius 1 is 1.35 bits per heavy atom. The molecule has 0 fully saturated rings. The molecule has 0 aliphatic rings. The third-order valence-corrected chi connectivity index (χ3v) is 1.85. The van der Waals surface area contributed by atoms with E-state index < -0.39 is 6.29 Å². The second-order valence-corrected chi connectivity index (χ2v) is 3.67. The normalized spacial score (nSPS) is 11.7. The maximum atomic E-state index is 11.3. The van der Waals surface area contributed by atoms with Crippen LogP contribution in [0.25, 0.3) is 0 Å². The fourth-order valence-corrected chi connectivity index (χ4v) is 1.25. The molecular formula is C12H15NO4. The number of aliphatic hydroxyl groups excluding tert-OH is 1. The first-order valence-corrected chi connectivity index (χ1v) is 5.21. The van der Waals surface area contributed by atoms with Gasteiger partial charge in [0.1, 0.15) is 11.5 Å². The highest BCUT2D eigenvalue weighted by atomic mass is 16.6. The van der Waals surface area contributed by atoms with E-state index in [-0.39, 0.29) is 18.1 Å². The molecule has 5 heteroatoms. The fourth-order valence-electron chi connectivity index (χ4n) is 1.25. The summed E-state index contributed by atoms with van der Waals surface area (Å²) in [6, 6.07) is 6.51. The van der Waals surface area contributed by atoms with E-state index in [0.717, 1.165) is 0 Å². The van der Waals surface area contributed by atoms with Gasteiger partial charge in [-0.2, -0.15) is 0 Å². The molecule has 0 aliphatic carbocycles. The molecule has 1 aromatic rings. The fraction of sp³-hybridized carbons (Fsp3) is 0.333.